The van der Waals surface area contributed by atoms with E-state index < -0.39 is 0 Å². The first-order valence-corrected chi connectivity index (χ1v) is 6.51. The van der Waals surface area contributed by atoms with E-state index in [0.717, 1.165) is 37.2 Å². The Kier molecular flexibility index (Phi) is 3.67. The predicted octanol–water partition coefficient (Wildman–Crippen LogP) is 2.84. The normalized spacial score (nSPS) is 28.3. The maximum atomic E-state index is 6.47. The Morgan fingerprint density at radius 2 is 2.35 bits per heavy atom. The molecule has 2 rings (SSSR count). The zero-order valence-corrected chi connectivity index (χ0v) is 10.8. The third kappa shape index (κ3) is 2.78. The van der Waals surface area contributed by atoms with Gasteiger partial charge in [0.1, 0.15) is 5.75 Å². The second-order valence-corrected chi connectivity index (χ2v) is 5.26. The van der Waals surface area contributed by atoms with Crippen LogP contribution in [0.1, 0.15) is 45.1 Å². The molecule has 1 saturated carbocycles. The fourth-order valence-corrected chi connectivity index (χ4v) is 2.58. The molecule has 17 heavy (non-hydrogen) atoms. The van der Waals surface area contributed by atoms with Crippen molar-refractivity contribution >= 4 is 0 Å². The van der Waals surface area contributed by atoms with Crippen molar-refractivity contribution in [3.8, 4) is 5.75 Å². The molecule has 3 nitrogen and oxygen atoms in total. The molecule has 0 aliphatic heterocycles. The van der Waals surface area contributed by atoms with Gasteiger partial charge in [0.2, 0.25) is 0 Å². The zero-order valence-electron chi connectivity index (χ0n) is 10.8. The Balaban J connectivity index is 2.15. The number of aromatic nitrogens is 1. The van der Waals surface area contributed by atoms with Crippen LogP contribution in [0.5, 0.6) is 5.75 Å². The molecular formula is C14H22N2O. The first kappa shape index (κ1) is 12.4. The fraction of sp³-hybridized carbons (Fsp3) is 0.643. The van der Waals surface area contributed by atoms with Crippen molar-refractivity contribution in [1.82, 2.24) is 4.98 Å². The molecular weight excluding hydrogens is 212 g/mol. The summed E-state index contributed by atoms with van der Waals surface area (Å²) in [6, 6.07) is 2.06. The highest BCUT2D eigenvalue weighted by atomic mass is 16.5. The number of nitrogens with two attached hydrogens (primary N) is 1. The first-order valence-electron chi connectivity index (χ1n) is 6.51. The highest BCUT2D eigenvalue weighted by Gasteiger charge is 2.35. The molecule has 1 aliphatic carbocycles. The van der Waals surface area contributed by atoms with E-state index in [2.05, 4.69) is 24.9 Å². The van der Waals surface area contributed by atoms with Gasteiger partial charge in [0.05, 0.1) is 12.8 Å². The Hall–Kier alpha value is -1.09. The molecule has 0 aromatic carbocycles. The van der Waals surface area contributed by atoms with E-state index in [1.807, 2.05) is 6.20 Å². The third-order valence-electron chi connectivity index (χ3n) is 3.56. The molecule has 0 amide bonds. The van der Waals surface area contributed by atoms with Crippen LogP contribution in [0.2, 0.25) is 0 Å². The topological polar surface area (TPSA) is 48.1 Å². The summed E-state index contributed by atoms with van der Waals surface area (Å²) in [5.74, 6) is 1.55. The van der Waals surface area contributed by atoms with E-state index in [4.69, 9.17) is 10.5 Å². The van der Waals surface area contributed by atoms with Crippen LogP contribution < -0.4 is 10.5 Å². The van der Waals surface area contributed by atoms with Crippen LogP contribution in [-0.4, -0.2) is 11.6 Å². The van der Waals surface area contributed by atoms with Crippen LogP contribution in [0.3, 0.4) is 0 Å². The monoisotopic (exact) mass is 234 g/mol. The number of nitrogens with zero attached hydrogens (tertiary/aromatic N) is 1. The summed E-state index contributed by atoms with van der Waals surface area (Å²) in [6.07, 6.45) is 7.96. The van der Waals surface area contributed by atoms with E-state index in [1.54, 1.807) is 6.20 Å². The minimum absolute atomic E-state index is 0.196. The Morgan fingerprint density at radius 3 is 3.00 bits per heavy atom. The Morgan fingerprint density at radius 1 is 1.53 bits per heavy atom. The van der Waals surface area contributed by atoms with Gasteiger partial charge in [-0.25, -0.2) is 0 Å². The van der Waals surface area contributed by atoms with Gasteiger partial charge >= 0.3 is 0 Å². The molecule has 0 saturated heterocycles. The SMILES string of the molecule is CCCOc1cncc(C2(N)CCC(C)C2)c1. The molecule has 3 heteroatoms. The van der Waals surface area contributed by atoms with E-state index in [9.17, 15) is 0 Å². The first-order chi connectivity index (χ1) is 8.14. The molecule has 0 radical (unpaired) electrons. The predicted molar refractivity (Wildman–Crippen MR) is 68.9 cm³/mol. The summed E-state index contributed by atoms with van der Waals surface area (Å²) in [7, 11) is 0. The van der Waals surface area contributed by atoms with Gasteiger partial charge in [-0.2, -0.15) is 0 Å². The molecule has 2 unspecified atom stereocenters. The summed E-state index contributed by atoms with van der Waals surface area (Å²) in [5.41, 5.74) is 7.40. The van der Waals surface area contributed by atoms with Crippen LogP contribution in [0, 0.1) is 5.92 Å². The number of hydrogen-bond acceptors (Lipinski definition) is 3. The van der Waals surface area contributed by atoms with Gasteiger partial charge in [-0.15, -0.1) is 0 Å². The second-order valence-electron chi connectivity index (χ2n) is 5.26. The van der Waals surface area contributed by atoms with Crippen molar-refractivity contribution in [3.05, 3.63) is 24.0 Å². The Bertz CT molecular complexity index is 380. The maximum absolute atomic E-state index is 6.47. The summed E-state index contributed by atoms with van der Waals surface area (Å²) in [5, 5.41) is 0. The van der Waals surface area contributed by atoms with Crippen molar-refractivity contribution in [1.29, 1.82) is 0 Å². The highest BCUT2D eigenvalue weighted by Crippen LogP contribution is 2.40. The fourth-order valence-electron chi connectivity index (χ4n) is 2.58. The lowest BCUT2D eigenvalue weighted by molar-refractivity contribution is 0.314. The van der Waals surface area contributed by atoms with Gasteiger partial charge in [-0.1, -0.05) is 13.8 Å². The minimum atomic E-state index is -0.196. The quantitative estimate of drug-likeness (QED) is 0.871. The van der Waals surface area contributed by atoms with Crippen molar-refractivity contribution in [2.24, 2.45) is 11.7 Å². The van der Waals surface area contributed by atoms with Crippen molar-refractivity contribution in [2.45, 2.75) is 45.1 Å². The van der Waals surface area contributed by atoms with Gasteiger partial charge in [-0.3, -0.25) is 4.98 Å². The summed E-state index contributed by atoms with van der Waals surface area (Å²) < 4.78 is 5.61. The van der Waals surface area contributed by atoms with Crippen molar-refractivity contribution < 1.29 is 4.74 Å². The van der Waals surface area contributed by atoms with Crippen LogP contribution in [0.15, 0.2) is 18.5 Å². The standard InChI is InChI=1S/C14H22N2O/c1-3-6-17-13-7-12(9-16-10-13)14(15)5-4-11(2)8-14/h7,9-11H,3-6,8,15H2,1-2H3. The zero-order chi connectivity index (χ0) is 12.3. The second kappa shape index (κ2) is 5.05. The molecule has 1 heterocycles. The summed E-state index contributed by atoms with van der Waals surface area (Å²) in [4.78, 5) is 4.25. The van der Waals surface area contributed by atoms with E-state index >= 15 is 0 Å². The highest BCUT2D eigenvalue weighted by molar-refractivity contribution is 5.30. The number of rotatable bonds is 4. The third-order valence-corrected chi connectivity index (χ3v) is 3.56. The van der Waals surface area contributed by atoms with Crippen LogP contribution in [-0.2, 0) is 5.54 Å². The van der Waals surface area contributed by atoms with E-state index in [1.165, 1.54) is 6.42 Å². The smallest absolute Gasteiger partial charge is 0.137 e. The van der Waals surface area contributed by atoms with Crippen LogP contribution >= 0.6 is 0 Å². The molecule has 2 N–H and O–H groups in total. The lowest BCUT2D eigenvalue weighted by Gasteiger charge is -2.24. The van der Waals surface area contributed by atoms with E-state index in [-0.39, 0.29) is 5.54 Å². The molecule has 1 fully saturated rings. The molecule has 0 spiro atoms. The summed E-state index contributed by atoms with van der Waals surface area (Å²) in [6.45, 7) is 5.10. The van der Waals surface area contributed by atoms with Crippen molar-refractivity contribution in [3.63, 3.8) is 0 Å². The lowest BCUT2D eigenvalue weighted by Crippen LogP contribution is -2.33. The molecule has 94 valence electrons. The average Bonchev–Trinajstić information content (AvgIpc) is 2.68. The molecule has 1 aliphatic rings. The average molecular weight is 234 g/mol. The number of ether oxygens (including phenoxy) is 1. The summed E-state index contributed by atoms with van der Waals surface area (Å²) >= 11 is 0. The van der Waals surface area contributed by atoms with Crippen LogP contribution in [0.4, 0.5) is 0 Å². The largest absolute Gasteiger partial charge is 0.492 e. The molecule has 0 bridgehead atoms. The van der Waals surface area contributed by atoms with E-state index in [0.29, 0.717) is 5.92 Å². The van der Waals surface area contributed by atoms with Crippen LogP contribution in [0.25, 0.3) is 0 Å². The maximum Gasteiger partial charge on any atom is 0.137 e. The number of pyridine rings is 1. The van der Waals surface area contributed by atoms with Crippen molar-refractivity contribution in [2.75, 3.05) is 6.61 Å². The Labute approximate surface area is 103 Å². The molecule has 2 atom stereocenters. The van der Waals surface area contributed by atoms with Gasteiger partial charge in [0, 0.05) is 11.7 Å². The number of hydrogen-bond donors (Lipinski definition) is 1. The van der Waals surface area contributed by atoms with Gasteiger partial charge in [0.25, 0.3) is 0 Å². The lowest BCUT2D eigenvalue weighted by atomic mass is 9.90. The molecule has 1 aromatic heterocycles. The van der Waals surface area contributed by atoms with Gasteiger partial charge < -0.3 is 10.5 Å². The van der Waals surface area contributed by atoms with Gasteiger partial charge in [0.15, 0.2) is 0 Å². The minimum Gasteiger partial charge on any atom is -0.492 e. The molecule has 1 aromatic rings. The van der Waals surface area contributed by atoms with Gasteiger partial charge in [-0.05, 0) is 43.2 Å².